The number of ether oxygens (including phenoxy) is 1. The Kier molecular flexibility index (Phi) is 5.80. The van der Waals surface area contributed by atoms with E-state index < -0.39 is 0 Å². The normalized spacial score (nSPS) is 14.7. The van der Waals surface area contributed by atoms with E-state index in [1.807, 2.05) is 49.4 Å². The van der Waals surface area contributed by atoms with Gasteiger partial charge in [0.25, 0.3) is 0 Å². The third-order valence-corrected chi connectivity index (χ3v) is 3.19. The van der Waals surface area contributed by atoms with Gasteiger partial charge in [0, 0.05) is 6.61 Å². The predicted octanol–water partition coefficient (Wildman–Crippen LogP) is 2.50. The number of allylic oxidation sites excluding steroid dienone is 1. The van der Waals surface area contributed by atoms with E-state index >= 15 is 0 Å². The number of benzene rings is 2. The van der Waals surface area contributed by atoms with Crippen molar-refractivity contribution in [3.8, 4) is 0 Å². The summed E-state index contributed by atoms with van der Waals surface area (Å²) < 4.78 is 5.88. The summed E-state index contributed by atoms with van der Waals surface area (Å²) >= 11 is 0. The molecule has 21 heavy (non-hydrogen) atoms. The first-order valence-electron chi connectivity index (χ1n) is 7.17. The molecule has 0 saturated heterocycles. The monoisotopic (exact) mass is 279 g/mol. The van der Waals surface area contributed by atoms with Gasteiger partial charge >= 0.3 is 0 Å². The van der Waals surface area contributed by atoms with Gasteiger partial charge in [0.15, 0.2) is 0 Å². The average molecular weight is 279 g/mol. The molecule has 2 N–H and O–H groups in total. The van der Waals surface area contributed by atoms with Crippen molar-refractivity contribution in [1.29, 1.82) is 0 Å². The SMILES string of the molecule is CCOC(\C=c1/cccc/c1=C/C=C\N)c1ccccc1. The lowest BCUT2D eigenvalue weighted by Gasteiger charge is -2.13. The highest BCUT2D eigenvalue weighted by atomic mass is 16.5. The van der Waals surface area contributed by atoms with E-state index in [2.05, 4.69) is 30.3 Å². The molecule has 108 valence electrons. The summed E-state index contributed by atoms with van der Waals surface area (Å²) in [4.78, 5) is 0. The Morgan fingerprint density at radius 1 is 1.00 bits per heavy atom. The van der Waals surface area contributed by atoms with Gasteiger partial charge in [-0.05, 0) is 41.3 Å². The number of rotatable bonds is 5. The number of nitrogens with two attached hydrogens (primary N) is 1. The second-order valence-corrected chi connectivity index (χ2v) is 4.63. The smallest absolute Gasteiger partial charge is 0.101 e. The zero-order chi connectivity index (χ0) is 14.9. The van der Waals surface area contributed by atoms with Crippen LogP contribution in [-0.2, 0) is 4.74 Å². The highest BCUT2D eigenvalue weighted by Gasteiger charge is 2.06. The molecule has 1 unspecified atom stereocenters. The minimum atomic E-state index is -0.0485. The van der Waals surface area contributed by atoms with Crippen LogP contribution in [0.25, 0.3) is 12.2 Å². The van der Waals surface area contributed by atoms with Crippen molar-refractivity contribution in [2.75, 3.05) is 6.61 Å². The first-order valence-corrected chi connectivity index (χ1v) is 7.17. The summed E-state index contributed by atoms with van der Waals surface area (Å²) in [6.45, 7) is 2.68. The molecule has 2 nitrogen and oxygen atoms in total. The fraction of sp³-hybridized carbons (Fsp3) is 0.158. The minimum Gasteiger partial charge on any atom is -0.405 e. The van der Waals surface area contributed by atoms with Gasteiger partial charge in [-0.15, -0.1) is 0 Å². The van der Waals surface area contributed by atoms with Crippen LogP contribution in [0.3, 0.4) is 0 Å². The average Bonchev–Trinajstić information content (AvgIpc) is 2.54. The van der Waals surface area contributed by atoms with Crippen molar-refractivity contribution in [2.24, 2.45) is 5.73 Å². The molecule has 0 saturated carbocycles. The molecule has 0 spiro atoms. The molecule has 0 aliphatic heterocycles. The third kappa shape index (κ3) is 4.33. The van der Waals surface area contributed by atoms with Gasteiger partial charge in [-0.25, -0.2) is 0 Å². The predicted molar refractivity (Wildman–Crippen MR) is 88.8 cm³/mol. The lowest BCUT2D eigenvalue weighted by atomic mass is 10.1. The Bertz CT molecular complexity index is 689. The molecular weight excluding hydrogens is 258 g/mol. The maximum Gasteiger partial charge on any atom is 0.101 e. The van der Waals surface area contributed by atoms with Gasteiger partial charge < -0.3 is 10.5 Å². The summed E-state index contributed by atoms with van der Waals surface area (Å²) in [5.74, 6) is 0. The lowest BCUT2D eigenvalue weighted by molar-refractivity contribution is 0.107. The van der Waals surface area contributed by atoms with E-state index in [0.29, 0.717) is 6.61 Å². The minimum absolute atomic E-state index is 0.0485. The zero-order valence-corrected chi connectivity index (χ0v) is 12.3. The second kappa shape index (κ2) is 8.08. The maximum atomic E-state index is 5.88. The fourth-order valence-corrected chi connectivity index (χ4v) is 2.20. The van der Waals surface area contributed by atoms with Crippen molar-refractivity contribution in [3.05, 3.63) is 82.9 Å². The van der Waals surface area contributed by atoms with Crippen LogP contribution < -0.4 is 16.2 Å². The van der Waals surface area contributed by atoms with Gasteiger partial charge in [0.05, 0.1) is 0 Å². The van der Waals surface area contributed by atoms with Gasteiger partial charge in [0.1, 0.15) is 6.10 Å². The van der Waals surface area contributed by atoms with Crippen LogP contribution in [0.15, 0.2) is 66.9 Å². The van der Waals surface area contributed by atoms with Crippen molar-refractivity contribution < 1.29 is 4.74 Å². The summed E-state index contributed by atoms with van der Waals surface area (Å²) in [5.41, 5.74) is 6.58. The largest absolute Gasteiger partial charge is 0.405 e. The van der Waals surface area contributed by atoms with E-state index in [9.17, 15) is 0 Å². The summed E-state index contributed by atoms with van der Waals surface area (Å²) in [5, 5.41) is 2.26. The van der Waals surface area contributed by atoms with Crippen molar-refractivity contribution in [2.45, 2.75) is 13.0 Å². The molecule has 0 amide bonds. The molecule has 0 heterocycles. The quantitative estimate of drug-likeness (QED) is 0.912. The first-order chi connectivity index (χ1) is 10.3. The first kappa shape index (κ1) is 15.1. The summed E-state index contributed by atoms with van der Waals surface area (Å²) in [7, 11) is 0. The highest BCUT2D eigenvalue weighted by molar-refractivity contribution is 5.42. The highest BCUT2D eigenvalue weighted by Crippen LogP contribution is 2.18. The van der Waals surface area contributed by atoms with Crippen molar-refractivity contribution >= 4 is 12.2 Å². The molecule has 0 radical (unpaired) electrons. The van der Waals surface area contributed by atoms with E-state index in [-0.39, 0.29) is 6.10 Å². The summed E-state index contributed by atoms with van der Waals surface area (Å²) in [6.07, 6.45) is 7.47. The Morgan fingerprint density at radius 3 is 2.33 bits per heavy atom. The number of hydrogen-bond acceptors (Lipinski definition) is 2. The van der Waals surface area contributed by atoms with Gasteiger partial charge in [0.2, 0.25) is 0 Å². The molecule has 2 rings (SSSR count). The third-order valence-electron chi connectivity index (χ3n) is 3.19. The number of hydrogen-bond donors (Lipinski definition) is 1. The molecule has 0 aromatic heterocycles. The fourth-order valence-electron chi connectivity index (χ4n) is 2.20. The van der Waals surface area contributed by atoms with E-state index in [1.54, 1.807) is 0 Å². The van der Waals surface area contributed by atoms with Crippen LogP contribution in [0.4, 0.5) is 0 Å². The molecule has 0 aliphatic carbocycles. The molecule has 2 heteroatoms. The standard InChI is InChI=1S/C19H21NO/c1-2-21-19(17-10-4-3-5-11-17)15-18-12-7-6-9-16(18)13-8-14-20/h3-15,19H,2,20H2,1H3/b14-8-,16-13-,18-15+. The summed E-state index contributed by atoms with van der Waals surface area (Å²) in [6, 6.07) is 18.5. The van der Waals surface area contributed by atoms with E-state index in [1.165, 1.54) is 6.20 Å². The van der Waals surface area contributed by atoms with Gasteiger partial charge in [-0.2, -0.15) is 0 Å². The Labute approximate surface area is 125 Å². The second-order valence-electron chi connectivity index (χ2n) is 4.63. The van der Waals surface area contributed by atoms with Crippen LogP contribution in [0, 0.1) is 0 Å². The van der Waals surface area contributed by atoms with Crippen molar-refractivity contribution in [1.82, 2.24) is 0 Å². The Balaban J connectivity index is 2.49. The van der Waals surface area contributed by atoms with Crippen LogP contribution in [-0.4, -0.2) is 6.61 Å². The lowest BCUT2D eigenvalue weighted by Crippen LogP contribution is -2.25. The zero-order valence-electron chi connectivity index (χ0n) is 12.3. The molecule has 2 aromatic carbocycles. The maximum absolute atomic E-state index is 5.88. The molecule has 2 aromatic rings. The molecular formula is C19H21NO. The van der Waals surface area contributed by atoms with Crippen LogP contribution in [0.1, 0.15) is 18.6 Å². The van der Waals surface area contributed by atoms with Gasteiger partial charge in [-0.1, -0.05) is 60.7 Å². The van der Waals surface area contributed by atoms with E-state index in [4.69, 9.17) is 10.5 Å². The molecule has 0 fully saturated rings. The van der Waals surface area contributed by atoms with Crippen molar-refractivity contribution in [3.63, 3.8) is 0 Å². The molecule has 0 bridgehead atoms. The molecule has 0 aliphatic rings. The topological polar surface area (TPSA) is 35.2 Å². The van der Waals surface area contributed by atoms with Crippen LogP contribution in [0.2, 0.25) is 0 Å². The van der Waals surface area contributed by atoms with Crippen LogP contribution in [0.5, 0.6) is 0 Å². The Hall–Kier alpha value is -2.32. The molecule has 1 atom stereocenters. The van der Waals surface area contributed by atoms with Crippen LogP contribution >= 0.6 is 0 Å². The Morgan fingerprint density at radius 2 is 1.67 bits per heavy atom. The van der Waals surface area contributed by atoms with Gasteiger partial charge in [-0.3, -0.25) is 0 Å². The van der Waals surface area contributed by atoms with E-state index in [0.717, 1.165) is 16.0 Å².